The molecule has 122 valence electrons. The lowest BCUT2D eigenvalue weighted by Crippen LogP contribution is -2.48. The monoisotopic (exact) mass is 332 g/mol. The first-order valence-electron chi connectivity index (χ1n) is 8.17. The first kappa shape index (κ1) is 14.8. The van der Waals surface area contributed by atoms with Crippen molar-refractivity contribution in [2.75, 3.05) is 0 Å². The topological polar surface area (TPSA) is 80.0 Å². The molecule has 7 heteroatoms. The Morgan fingerprint density at radius 2 is 2.22 bits per heavy atom. The summed E-state index contributed by atoms with van der Waals surface area (Å²) in [5.74, 6) is 1.19. The molecule has 2 saturated heterocycles. The number of hydrogen-bond acceptors (Lipinski definition) is 6. The molecule has 2 N–H and O–H groups in total. The van der Waals surface area contributed by atoms with Gasteiger partial charge in [-0.3, -0.25) is 4.79 Å². The third kappa shape index (κ3) is 3.45. The molecule has 2 aliphatic rings. The number of thiophene rings is 1. The lowest BCUT2D eigenvalue weighted by Gasteiger charge is -2.29. The molecule has 2 aromatic rings. The van der Waals surface area contributed by atoms with Crippen molar-refractivity contribution in [3.05, 3.63) is 22.7 Å². The van der Waals surface area contributed by atoms with Crippen LogP contribution < -0.4 is 10.6 Å². The highest BCUT2D eigenvalue weighted by Gasteiger charge is 2.33. The zero-order valence-corrected chi connectivity index (χ0v) is 13.6. The molecule has 2 atom stereocenters. The molecule has 2 fully saturated rings. The van der Waals surface area contributed by atoms with Gasteiger partial charge in [0.1, 0.15) is 0 Å². The Bertz CT molecular complexity index is 657. The second-order valence-corrected chi connectivity index (χ2v) is 7.18. The summed E-state index contributed by atoms with van der Waals surface area (Å²) in [6, 6.07) is 3.44. The van der Waals surface area contributed by atoms with E-state index < -0.39 is 0 Å². The van der Waals surface area contributed by atoms with Crippen LogP contribution in [0, 0.1) is 0 Å². The van der Waals surface area contributed by atoms with Gasteiger partial charge in [-0.1, -0.05) is 5.16 Å². The molecule has 23 heavy (non-hydrogen) atoms. The summed E-state index contributed by atoms with van der Waals surface area (Å²) in [5.41, 5.74) is 0.958. The Balaban J connectivity index is 1.27. The van der Waals surface area contributed by atoms with Crippen LogP contribution in [0.2, 0.25) is 0 Å². The molecule has 2 bridgehead atoms. The van der Waals surface area contributed by atoms with E-state index in [2.05, 4.69) is 20.8 Å². The number of nitrogens with zero attached hydrogens (tertiary/aromatic N) is 2. The fourth-order valence-electron chi connectivity index (χ4n) is 3.56. The van der Waals surface area contributed by atoms with Crippen molar-refractivity contribution in [3.8, 4) is 11.4 Å². The summed E-state index contributed by atoms with van der Waals surface area (Å²) in [6.45, 7) is 0. The van der Waals surface area contributed by atoms with Crippen LogP contribution in [0.4, 0.5) is 0 Å². The summed E-state index contributed by atoms with van der Waals surface area (Å²) >= 11 is 1.60. The summed E-state index contributed by atoms with van der Waals surface area (Å²) in [4.78, 5) is 16.5. The van der Waals surface area contributed by atoms with Gasteiger partial charge >= 0.3 is 0 Å². The molecule has 4 rings (SSSR count). The fraction of sp³-hybridized carbons (Fsp3) is 0.562. The van der Waals surface area contributed by atoms with E-state index in [4.69, 9.17) is 4.52 Å². The maximum atomic E-state index is 12.1. The number of aryl methyl sites for hydroxylation is 1. The minimum Gasteiger partial charge on any atom is -0.353 e. The second kappa shape index (κ2) is 6.41. The third-order valence-corrected chi connectivity index (χ3v) is 5.33. The quantitative estimate of drug-likeness (QED) is 0.877. The maximum Gasteiger partial charge on any atom is 0.227 e. The zero-order valence-electron chi connectivity index (χ0n) is 12.8. The first-order chi connectivity index (χ1) is 11.3. The van der Waals surface area contributed by atoms with Gasteiger partial charge in [0, 0.05) is 41.9 Å². The number of aromatic nitrogens is 2. The fourth-order valence-corrected chi connectivity index (χ4v) is 4.20. The van der Waals surface area contributed by atoms with Crippen molar-refractivity contribution in [2.24, 2.45) is 0 Å². The van der Waals surface area contributed by atoms with E-state index in [1.165, 1.54) is 12.8 Å². The van der Waals surface area contributed by atoms with Gasteiger partial charge in [-0.15, -0.1) is 0 Å². The van der Waals surface area contributed by atoms with Gasteiger partial charge in [-0.05, 0) is 37.1 Å². The van der Waals surface area contributed by atoms with Crippen LogP contribution in [0.25, 0.3) is 11.4 Å². The zero-order chi connectivity index (χ0) is 15.6. The molecule has 2 aromatic heterocycles. The largest absolute Gasteiger partial charge is 0.353 e. The number of piperidine rings is 1. The predicted octanol–water partition coefficient (Wildman–Crippen LogP) is 2.13. The third-order valence-electron chi connectivity index (χ3n) is 4.65. The van der Waals surface area contributed by atoms with Crippen molar-refractivity contribution in [3.63, 3.8) is 0 Å². The number of carbonyl (C=O) groups excluding carboxylic acids is 1. The van der Waals surface area contributed by atoms with Crippen LogP contribution in [-0.4, -0.2) is 34.2 Å². The Morgan fingerprint density at radius 3 is 2.96 bits per heavy atom. The Kier molecular flexibility index (Phi) is 4.13. The van der Waals surface area contributed by atoms with Gasteiger partial charge in [-0.2, -0.15) is 16.3 Å². The maximum absolute atomic E-state index is 12.1. The van der Waals surface area contributed by atoms with E-state index in [0.717, 1.165) is 18.4 Å². The highest BCUT2D eigenvalue weighted by Crippen LogP contribution is 2.26. The molecule has 0 spiro atoms. The van der Waals surface area contributed by atoms with Crippen molar-refractivity contribution in [1.82, 2.24) is 20.8 Å². The normalized spacial score (nSPS) is 26.3. The van der Waals surface area contributed by atoms with Gasteiger partial charge < -0.3 is 15.2 Å². The molecule has 0 saturated carbocycles. The second-order valence-electron chi connectivity index (χ2n) is 6.40. The first-order valence-corrected chi connectivity index (χ1v) is 9.11. The number of hydrogen-bond donors (Lipinski definition) is 2. The van der Waals surface area contributed by atoms with E-state index >= 15 is 0 Å². The molecule has 6 nitrogen and oxygen atoms in total. The molecule has 2 unspecified atom stereocenters. The molecule has 0 radical (unpaired) electrons. The molecule has 0 aromatic carbocycles. The number of nitrogens with one attached hydrogen (secondary N) is 2. The molecule has 2 aliphatic heterocycles. The van der Waals surface area contributed by atoms with Crippen LogP contribution in [0.5, 0.6) is 0 Å². The number of amides is 1. The summed E-state index contributed by atoms with van der Waals surface area (Å²) < 4.78 is 5.23. The van der Waals surface area contributed by atoms with Crippen LogP contribution in [0.3, 0.4) is 0 Å². The molecular formula is C16H20N4O2S. The molecule has 0 aliphatic carbocycles. The highest BCUT2D eigenvalue weighted by molar-refractivity contribution is 7.08. The van der Waals surface area contributed by atoms with E-state index in [1.54, 1.807) is 11.3 Å². The molecular weight excluding hydrogens is 312 g/mol. The van der Waals surface area contributed by atoms with Gasteiger partial charge in [0.05, 0.1) is 0 Å². The molecule has 1 amide bonds. The highest BCUT2D eigenvalue weighted by atomic mass is 32.1. The van der Waals surface area contributed by atoms with Crippen molar-refractivity contribution in [1.29, 1.82) is 0 Å². The SMILES string of the molecule is O=C(CCc1nc(-c2ccsc2)no1)NC1CC2CCC(C1)N2. The van der Waals surface area contributed by atoms with Gasteiger partial charge in [-0.25, -0.2) is 0 Å². The number of fused-ring (bicyclic) bond motifs is 2. The lowest BCUT2D eigenvalue weighted by molar-refractivity contribution is -0.122. The standard InChI is InChI=1S/C16H20N4O2S/c21-14(18-13-7-11-1-2-12(8-13)17-11)3-4-15-19-16(20-22-15)10-5-6-23-9-10/h5-6,9,11-13,17H,1-4,7-8H2,(H,18,21). The smallest absolute Gasteiger partial charge is 0.227 e. The Morgan fingerprint density at radius 1 is 1.39 bits per heavy atom. The van der Waals surface area contributed by atoms with Crippen LogP contribution >= 0.6 is 11.3 Å². The van der Waals surface area contributed by atoms with Crippen molar-refractivity contribution < 1.29 is 9.32 Å². The van der Waals surface area contributed by atoms with Crippen LogP contribution in [-0.2, 0) is 11.2 Å². The van der Waals surface area contributed by atoms with Crippen molar-refractivity contribution >= 4 is 17.2 Å². The Hall–Kier alpha value is -1.73. The minimum absolute atomic E-state index is 0.0755. The van der Waals surface area contributed by atoms with Gasteiger partial charge in [0.15, 0.2) is 0 Å². The van der Waals surface area contributed by atoms with E-state index in [-0.39, 0.29) is 5.91 Å². The minimum atomic E-state index is 0.0755. The lowest BCUT2D eigenvalue weighted by atomic mass is 9.99. The average Bonchev–Trinajstić information content (AvgIpc) is 3.26. The van der Waals surface area contributed by atoms with E-state index in [9.17, 15) is 4.79 Å². The van der Waals surface area contributed by atoms with Crippen LogP contribution in [0.15, 0.2) is 21.3 Å². The van der Waals surface area contributed by atoms with E-state index in [0.29, 0.717) is 42.7 Å². The van der Waals surface area contributed by atoms with Crippen LogP contribution in [0.1, 0.15) is 38.0 Å². The average molecular weight is 332 g/mol. The Labute approximate surface area is 138 Å². The summed E-state index contributed by atoms with van der Waals surface area (Å²) in [5, 5.41) is 14.7. The summed E-state index contributed by atoms with van der Waals surface area (Å²) in [6.07, 6.45) is 5.45. The van der Waals surface area contributed by atoms with Crippen molar-refractivity contribution in [2.45, 2.75) is 56.7 Å². The number of rotatable bonds is 5. The van der Waals surface area contributed by atoms with Gasteiger partial charge in [0.25, 0.3) is 0 Å². The number of carbonyl (C=O) groups is 1. The van der Waals surface area contributed by atoms with E-state index in [1.807, 2.05) is 16.8 Å². The predicted molar refractivity (Wildman–Crippen MR) is 87.0 cm³/mol. The molecule has 4 heterocycles. The van der Waals surface area contributed by atoms with Gasteiger partial charge in [0.2, 0.25) is 17.6 Å². The summed E-state index contributed by atoms with van der Waals surface area (Å²) in [7, 11) is 0.